The van der Waals surface area contributed by atoms with Gasteiger partial charge in [-0.1, -0.05) is 41.9 Å². The fourth-order valence-electron chi connectivity index (χ4n) is 2.36. The Hall–Kier alpha value is -2.72. The van der Waals surface area contributed by atoms with Crippen LogP contribution < -0.4 is 5.32 Å². The molecule has 1 atom stereocenters. The molecule has 0 saturated carbocycles. The van der Waals surface area contributed by atoms with Crippen LogP contribution in [0.15, 0.2) is 67.0 Å². The summed E-state index contributed by atoms with van der Waals surface area (Å²) >= 11 is 6.13. The predicted octanol–water partition coefficient (Wildman–Crippen LogP) is 4.29. The molecule has 1 N–H and O–H groups in total. The monoisotopic (exact) mass is 337 g/mol. The van der Waals surface area contributed by atoms with Crippen LogP contribution in [0.25, 0.3) is 11.3 Å². The first kappa shape index (κ1) is 16.1. The van der Waals surface area contributed by atoms with Gasteiger partial charge in [0.25, 0.3) is 5.91 Å². The van der Waals surface area contributed by atoms with Crippen LogP contribution in [0.2, 0.25) is 5.02 Å². The Bertz CT molecular complexity index is 835. The third-order valence-electron chi connectivity index (χ3n) is 3.68. The van der Waals surface area contributed by atoms with Gasteiger partial charge in [-0.3, -0.25) is 14.8 Å². The van der Waals surface area contributed by atoms with Crippen molar-refractivity contribution in [3.63, 3.8) is 0 Å². The molecular formula is C19H16ClN3O. The van der Waals surface area contributed by atoms with Crippen LogP contribution in [0.4, 0.5) is 0 Å². The number of hydrogen-bond acceptors (Lipinski definition) is 3. The third kappa shape index (κ3) is 3.60. The smallest absolute Gasteiger partial charge is 0.270 e. The number of rotatable bonds is 4. The first-order valence-corrected chi connectivity index (χ1v) is 7.95. The minimum Gasteiger partial charge on any atom is -0.344 e. The number of nitrogens with zero attached hydrogens (tertiary/aromatic N) is 2. The first-order chi connectivity index (χ1) is 11.6. The summed E-state index contributed by atoms with van der Waals surface area (Å²) in [6, 6.07) is 16.7. The van der Waals surface area contributed by atoms with Gasteiger partial charge in [-0.15, -0.1) is 0 Å². The van der Waals surface area contributed by atoms with E-state index in [1.54, 1.807) is 36.7 Å². The van der Waals surface area contributed by atoms with Gasteiger partial charge in [-0.25, -0.2) is 0 Å². The lowest BCUT2D eigenvalue weighted by molar-refractivity contribution is 0.0935. The van der Waals surface area contributed by atoms with Crippen LogP contribution in [-0.4, -0.2) is 15.9 Å². The van der Waals surface area contributed by atoms with E-state index in [1.807, 2.05) is 37.3 Å². The van der Waals surface area contributed by atoms with Crippen molar-refractivity contribution in [3.8, 4) is 11.3 Å². The van der Waals surface area contributed by atoms with Crippen molar-refractivity contribution in [2.24, 2.45) is 0 Å². The first-order valence-electron chi connectivity index (χ1n) is 7.58. The van der Waals surface area contributed by atoms with E-state index >= 15 is 0 Å². The van der Waals surface area contributed by atoms with Crippen LogP contribution >= 0.6 is 11.6 Å². The molecule has 24 heavy (non-hydrogen) atoms. The van der Waals surface area contributed by atoms with Gasteiger partial charge in [-0.05, 0) is 36.8 Å². The molecule has 1 amide bonds. The molecule has 0 aliphatic rings. The molecule has 2 heterocycles. The van der Waals surface area contributed by atoms with Crippen molar-refractivity contribution in [3.05, 3.63) is 83.3 Å². The van der Waals surface area contributed by atoms with Gasteiger partial charge < -0.3 is 5.32 Å². The molecule has 0 radical (unpaired) electrons. The molecule has 0 fully saturated rings. The zero-order valence-electron chi connectivity index (χ0n) is 13.1. The Morgan fingerprint density at radius 2 is 1.83 bits per heavy atom. The fraction of sp³-hybridized carbons (Fsp3) is 0.105. The average Bonchev–Trinajstić information content (AvgIpc) is 2.63. The van der Waals surface area contributed by atoms with Crippen molar-refractivity contribution in [2.75, 3.05) is 0 Å². The molecular weight excluding hydrogens is 322 g/mol. The summed E-state index contributed by atoms with van der Waals surface area (Å²) in [5.41, 5.74) is 2.82. The summed E-state index contributed by atoms with van der Waals surface area (Å²) < 4.78 is 0. The highest BCUT2D eigenvalue weighted by molar-refractivity contribution is 6.33. The Balaban J connectivity index is 1.74. The lowest BCUT2D eigenvalue weighted by Gasteiger charge is -2.14. The third-order valence-corrected chi connectivity index (χ3v) is 3.98. The van der Waals surface area contributed by atoms with Gasteiger partial charge in [-0.2, -0.15) is 0 Å². The lowest BCUT2D eigenvalue weighted by Crippen LogP contribution is -2.27. The molecule has 1 unspecified atom stereocenters. The lowest BCUT2D eigenvalue weighted by atomic mass is 10.1. The summed E-state index contributed by atoms with van der Waals surface area (Å²) in [5, 5.41) is 3.49. The highest BCUT2D eigenvalue weighted by Crippen LogP contribution is 2.24. The number of carbonyl (C=O) groups is 1. The van der Waals surface area contributed by atoms with E-state index in [9.17, 15) is 4.79 Å². The summed E-state index contributed by atoms with van der Waals surface area (Å²) in [6.45, 7) is 1.94. The van der Waals surface area contributed by atoms with E-state index in [0.717, 1.165) is 11.1 Å². The second-order valence-corrected chi connectivity index (χ2v) is 5.78. The predicted molar refractivity (Wildman–Crippen MR) is 94.8 cm³/mol. The second kappa shape index (κ2) is 7.23. The largest absolute Gasteiger partial charge is 0.344 e. The van der Waals surface area contributed by atoms with Crippen LogP contribution in [0.5, 0.6) is 0 Å². The highest BCUT2D eigenvalue weighted by atomic mass is 35.5. The van der Waals surface area contributed by atoms with E-state index in [1.165, 1.54) is 0 Å². The Labute approximate surface area is 145 Å². The van der Waals surface area contributed by atoms with E-state index in [-0.39, 0.29) is 11.9 Å². The second-order valence-electron chi connectivity index (χ2n) is 5.37. The molecule has 0 saturated heterocycles. The number of benzene rings is 1. The molecule has 0 aliphatic heterocycles. The minimum absolute atomic E-state index is 0.0922. The van der Waals surface area contributed by atoms with E-state index in [2.05, 4.69) is 15.3 Å². The van der Waals surface area contributed by atoms with Gasteiger partial charge in [0, 0.05) is 18.0 Å². The van der Waals surface area contributed by atoms with E-state index in [4.69, 9.17) is 11.6 Å². The number of pyridine rings is 2. The molecule has 2 aromatic heterocycles. The van der Waals surface area contributed by atoms with Crippen molar-refractivity contribution in [2.45, 2.75) is 13.0 Å². The zero-order chi connectivity index (χ0) is 16.9. The standard InChI is InChI=1S/C19H16ClN3O/c1-13(14-6-3-2-4-7-14)23-19(24)17-10-9-15(12-22-17)18-16(20)8-5-11-21-18/h2-13H,1H3,(H,23,24). The topological polar surface area (TPSA) is 54.9 Å². The van der Waals surface area contributed by atoms with Crippen molar-refractivity contribution >= 4 is 17.5 Å². The number of nitrogens with one attached hydrogen (secondary N) is 1. The maximum absolute atomic E-state index is 12.3. The van der Waals surface area contributed by atoms with Crippen molar-refractivity contribution < 1.29 is 4.79 Å². The van der Waals surface area contributed by atoms with Gasteiger partial charge in [0.15, 0.2) is 0 Å². The number of amides is 1. The normalized spacial score (nSPS) is 11.8. The molecule has 0 aliphatic carbocycles. The average molecular weight is 338 g/mol. The Morgan fingerprint density at radius 1 is 1.04 bits per heavy atom. The number of carbonyl (C=O) groups excluding carboxylic acids is 1. The summed E-state index contributed by atoms with van der Waals surface area (Å²) in [6.07, 6.45) is 3.28. The Morgan fingerprint density at radius 3 is 2.50 bits per heavy atom. The van der Waals surface area contributed by atoms with Gasteiger partial charge >= 0.3 is 0 Å². The number of aromatic nitrogens is 2. The van der Waals surface area contributed by atoms with Crippen LogP contribution in [-0.2, 0) is 0 Å². The maximum Gasteiger partial charge on any atom is 0.270 e. The fourth-order valence-corrected chi connectivity index (χ4v) is 2.59. The summed E-state index contributed by atoms with van der Waals surface area (Å²) in [5.74, 6) is -0.218. The van der Waals surface area contributed by atoms with Crippen molar-refractivity contribution in [1.82, 2.24) is 15.3 Å². The Kier molecular flexibility index (Phi) is 4.87. The maximum atomic E-state index is 12.3. The molecule has 120 valence electrons. The van der Waals surface area contributed by atoms with Gasteiger partial charge in [0.2, 0.25) is 0 Å². The van der Waals surface area contributed by atoms with Crippen LogP contribution in [0.3, 0.4) is 0 Å². The molecule has 1 aromatic carbocycles. The highest BCUT2D eigenvalue weighted by Gasteiger charge is 2.13. The molecule has 0 bridgehead atoms. The van der Waals surface area contributed by atoms with E-state index in [0.29, 0.717) is 16.4 Å². The van der Waals surface area contributed by atoms with Gasteiger partial charge in [0.05, 0.1) is 16.8 Å². The van der Waals surface area contributed by atoms with Crippen molar-refractivity contribution in [1.29, 1.82) is 0 Å². The van der Waals surface area contributed by atoms with Gasteiger partial charge in [0.1, 0.15) is 5.69 Å². The van der Waals surface area contributed by atoms with Crippen LogP contribution in [0, 0.1) is 0 Å². The van der Waals surface area contributed by atoms with E-state index < -0.39 is 0 Å². The molecule has 3 aromatic rings. The quantitative estimate of drug-likeness (QED) is 0.772. The number of halogens is 1. The zero-order valence-corrected chi connectivity index (χ0v) is 13.9. The summed E-state index contributed by atoms with van der Waals surface area (Å²) in [4.78, 5) is 20.8. The number of hydrogen-bond donors (Lipinski definition) is 1. The molecule has 0 spiro atoms. The summed E-state index contributed by atoms with van der Waals surface area (Å²) in [7, 11) is 0. The minimum atomic E-state index is -0.218. The van der Waals surface area contributed by atoms with Crippen LogP contribution in [0.1, 0.15) is 29.0 Å². The SMILES string of the molecule is CC(NC(=O)c1ccc(-c2ncccc2Cl)cn1)c1ccccc1. The molecule has 4 nitrogen and oxygen atoms in total. The molecule has 5 heteroatoms. The molecule has 3 rings (SSSR count).